The van der Waals surface area contributed by atoms with Crippen molar-refractivity contribution in [1.82, 2.24) is 4.90 Å². The van der Waals surface area contributed by atoms with E-state index < -0.39 is 17.7 Å². The first kappa shape index (κ1) is 18.6. The average molecular weight is 378 g/mol. The third-order valence-corrected chi connectivity index (χ3v) is 5.20. The predicted octanol–water partition coefficient (Wildman–Crippen LogP) is 4.77. The molecule has 1 aromatic carbocycles. The number of hydrogen-bond donors (Lipinski definition) is 1. The van der Waals surface area contributed by atoms with Gasteiger partial charge in [0, 0.05) is 16.6 Å². The summed E-state index contributed by atoms with van der Waals surface area (Å²) in [5.41, 5.74) is -0.613. The Morgan fingerprint density at radius 2 is 2.08 bits per heavy atom. The highest BCUT2D eigenvalue weighted by atomic mass is 32.1. The summed E-state index contributed by atoms with van der Waals surface area (Å²) < 4.78 is 20.0. The molecule has 2 amide bonds. The van der Waals surface area contributed by atoms with E-state index in [1.807, 2.05) is 6.07 Å². The molecule has 0 aliphatic carbocycles. The van der Waals surface area contributed by atoms with Gasteiger partial charge in [-0.1, -0.05) is 6.07 Å². The van der Waals surface area contributed by atoms with Gasteiger partial charge in [0.2, 0.25) is 5.91 Å². The van der Waals surface area contributed by atoms with Gasteiger partial charge in [0.1, 0.15) is 17.5 Å². The Labute approximate surface area is 156 Å². The van der Waals surface area contributed by atoms with Crippen LogP contribution in [-0.2, 0) is 9.53 Å². The lowest BCUT2D eigenvalue weighted by atomic mass is 10.0. The van der Waals surface area contributed by atoms with Crippen molar-refractivity contribution in [2.75, 3.05) is 11.9 Å². The standard InChI is InChI=1S/C19H23FN2O3S/c1-19(2,3)25-18(24)22-10-5-4-8-14(22)17(23)21-16-11-12-13(20)7-6-9-15(12)26-16/h6-7,9,11,14H,4-5,8,10H2,1-3H3,(H,21,23). The number of amides is 2. The van der Waals surface area contributed by atoms with E-state index in [2.05, 4.69) is 5.32 Å². The molecule has 5 nitrogen and oxygen atoms in total. The van der Waals surface area contributed by atoms with Gasteiger partial charge in [0.05, 0.1) is 5.00 Å². The summed E-state index contributed by atoms with van der Waals surface area (Å²) in [7, 11) is 0. The van der Waals surface area contributed by atoms with E-state index >= 15 is 0 Å². The molecule has 1 aliphatic rings. The minimum Gasteiger partial charge on any atom is -0.444 e. The van der Waals surface area contributed by atoms with Gasteiger partial charge in [-0.05, 0) is 58.2 Å². The van der Waals surface area contributed by atoms with Crippen LogP contribution in [0, 0.1) is 5.82 Å². The number of piperidine rings is 1. The van der Waals surface area contributed by atoms with Crippen LogP contribution in [0.2, 0.25) is 0 Å². The zero-order valence-electron chi connectivity index (χ0n) is 15.2. The van der Waals surface area contributed by atoms with Crippen molar-refractivity contribution < 1.29 is 18.7 Å². The number of nitrogens with zero attached hydrogens (tertiary/aromatic N) is 1. The first-order chi connectivity index (χ1) is 12.2. The van der Waals surface area contributed by atoms with Crippen molar-refractivity contribution in [3.05, 3.63) is 30.1 Å². The molecule has 0 spiro atoms. The Bertz CT molecular complexity index is 828. The lowest BCUT2D eigenvalue weighted by molar-refractivity contribution is -0.122. The number of likely N-dealkylation sites (tertiary alicyclic amines) is 1. The van der Waals surface area contributed by atoms with Crippen LogP contribution in [0.3, 0.4) is 0 Å². The molecular weight excluding hydrogens is 355 g/mol. The molecule has 0 saturated carbocycles. The van der Waals surface area contributed by atoms with Crippen molar-refractivity contribution in [2.24, 2.45) is 0 Å². The fourth-order valence-electron chi connectivity index (χ4n) is 3.03. The first-order valence-electron chi connectivity index (χ1n) is 8.73. The number of nitrogens with one attached hydrogen (secondary N) is 1. The summed E-state index contributed by atoms with van der Waals surface area (Å²) in [5.74, 6) is -0.574. The van der Waals surface area contributed by atoms with Crippen molar-refractivity contribution in [1.29, 1.82) is 0 Å². The molecule has 26 heavy (non-hydrogen) atoms. The maximum atomic E-state index is 13.8. The molecule has 1 fully saturated rings. The third kappa shape index (κ3) is 4.15. The van der Waals surface area contributed by atoms with E-state index in [0.29, 0.717) is 23.4 Å². The number of fused-ring (bicyclic) bond motifs is 1. The predicted molar refractivity (Wildman–Crippen MR) is 101 cm³/mol. The van der Waals surface area contributed by atoms with Crippen LogP contribution in [0.5, 0.6) is 0 Å². The van der Waals surface area contributed by atoms with Crippen LogP contribution in [-0.4, -0.2) is 35.1 Å². The van der Waals surface area contributed by atoms with Gasteiger partial charge in [-0.3, -0.25) is 9.69 Å². The number of benzene rings is 1. The topological polar surface area (TPSA) is 58.6 Å². The minimum atomic E-state index is -0.613. The van der Waals surface area contributed by atoms with Gasteiger partial charge in [-0.15, -0.1) is 11.3 Å². The zero-order chi connectivity index (χ0) is 18.9. The lowest BCUT2D eigenvalue weighted by Gasteiger charge is -2.35. The summed E-state index contributed by atoms with van der Waals surface area (Å²) in [6.07, 6.45) is 1.83. The Kier molecular flexibility index (Phi) is 5.18. The summed E-state index contributed by atoms with van der Waals surface area (Å²) in [4.78, 5) is 26.7. The Morgan fingerprint density at radius 3 is 2.77 bits per heavy atom. The second-order valence-corrected chi connectivity index (χ2v) is 8.52. The molecule has 140 valence electrons. The number of carbonyl (C=O) groups is 2. The van der Waals surface area contributed by atoms with Crippen LogP contribution < -0.4 is 5.32 Å². The number of thiophene rings is 1. The molecule has 1 aliphatic heterocycles. The molecular formula is C19H23FN2O3S. The summed E-state index contributed by atoms with van der Waals surface area (Å²) in [5, 5.41) is 3.90. The van der Waals surface area contributed by atoms with Crippen molar-refractivity contribution in [3.63, 3.8) is 0 Å². The quantitative estimate of drug-likeness (QED) is 0.819. The number of ether oxygens (including phenoxy) is 1. The molecule has 2 aromatic rings. The fourth-order valence-corrected chi connectivity index (χ4v) is 4.01. The Morgan fingerprint density at radius 1 is 1.31 bits per heavy atom. The van der Waals surface area contributed by atoms with E-state index in [4.69, 9.17) is 4.74 Å². The summed E-state index contributed by atoms with van der Waals surface area (Å²) in [6.45, 7) is 5.90. The van der Waals surface area contributed by atoms with Gasteiger partial charge in [-0.25, -0.2) is 9.18 Å². The minimum absolute atomic E-state index is 0.262. The third-order valence-electron chi connectivity index (χ3n) is 4.19. The summed E-state index contributed by atoms with van der Waals surface area (Å²) >= 11 is 1.32. The van der Waals surface area contributed by atoms with E-state index in [9.17, 15) is 14.0 Å². The van der Waals surface area contributed by atoms with Gasteiger partial charge >= 0.3 is 6.09 Å². The van der Waals surface area contributed by atoms with E-state index in [1.165, 1.54) is 22.3 Å². The second kappa shape index (κ2) is 7.23. The van der Waals surface area contributed by atoms with Crippen LogP contribution in [0.15, 0.2) is 24.3 Å². The number of hydrogen-bond acceptors (Lipinski definition) is 4. The molecule has 0 bridgehead atoms. The highest BCUT2D eigenvalue weighted by Crippen LogP contribution is 2.32. The van der Waals surface area contributed by atoms with Crippen LogP contribution >= 0.6 is 11.3 Å². The van der Waals surface area contributed by atoms with Gasteiger partial charge in [0.15, 0.2) is 0 Å². The largest absolute Gasteiger partial charge is 0.444 e. The molecule has 2 heterocycles. The highest BCUT2D eigenvalue weighted by Gasteiger charge is 2.35. The average Bonchev–Trinajstić information content (AvgIpc) is 2.97. The SMILES string of the molecule is CC(C)(C)OC(=O)N1CCCCC1C(=O)Nc1cc2c(F)cccc2s1. The molecule has 1 unspecified atom stereocenters. The van der Waals surface area contributed by atoms with Crippen LogP contribution in [0.1, 0.15) is 40.0 Å². The molecule has 1 saturated heterocycles. The zero-order valence-corrected chi connectivity index (χ0v) is 16.0. The molecule has 3 rings (SSSR count). The maximum absolute atomic E-state index is 13.8. The van der Waals surface area contributed by atoms with Crippen molar-refractivity contribution in [3.8, 4) is 0 Å². The Balaban J connectivity index is 1.75. The van der Waals surface area contributed by atoms with E-state index in [-0.39, 0.29) is 11.7 Å². The Hall–Kier alpha value is -2.15. The van der Waals surface area contributed by atoms with Gasteiger partial charge in [-0.2, -0.15) is 0 Å². The van der Waals surface area contributed by atoms with Crippen LogP contribution in [0.25, 0.3) is 10.1 Å². The van der Waals surface area contributed by atoms with Gasteiger partial charge < -0.3 is 10.1 Å². The number of carbonyl (C=O) groups excluding carboxylic acids is 2. The maximum Gasteiger partial charge on any atom is 0.410 e. The number of halogens is 1. The normalized spacial score (nSPS) is 18.0. The number of rotatable bonds is 2. The highest BCUT2D eigenvalue weighted by molar-refractivity contribution is 7.23. The molecule has 0 radical (unpaired) electrons. The lowest BCUT2D eigenvalue weighted by Crippen LogP contribution is -2.51. The van der Waals surface area contributed by atoms with Gasteiger partial charge in [0.25, 0.3) is 0 Å². The molecule has 1 aromatic heterocycles. The number of anilines is 1. The van der Waals surface area contributed by atoms with Crippen molar-refractivity contribution >= 4 is 38.4 Å². The van der Waals surface area contributed by atoms with E-state index in [0.717, 1.165) is 17.5 Å². The van der Waals surface area contributed by atoms with Crippen molar-refractivity contribution in [2.45, 2.75) is 51.7 Å². The second-order valence-electron chi connectivity index (χ2n) is 7.44. The fraction of sp³-hybridized carbons (Fsp3) is 0.474. The van der Waals surface area contributed by atoms with E-state index in [1.54, 1.807) is 32.9 Å². The molecule has 1 N–H and O–H groups in total. The molecule has 1 atom stereocenters. The smallest absolute Gasteiger partial charge is 0.410 e. The monoisotopic (exact) mass is 378 g/mol. The molecule has 7 heteroatoms. The summed E-state index contributed by atoms with van der Waals surface area (Å²) in [6, 6.07) is 5.91. The van der Waals surface area contributed by atoms with Crippen LogP contribution in [0.4, 0.5) is 14.2 Å². The first-order valence-corrected chi connectivity index (χ1v) is 9.55.